The third kappa shape index (κ3) is 9.65. The Hall–Kier alpha value is -4.31. The van der Waals surface area contributed by atoms with E-state index in [2.05, 4.69) is 43.6 Å². The number of piperazine rings is 1. The third-order valence-electron chi connectivity index (χ3n) is 8.02. The lowest BCUT2D eigenvalue weighted by molar-refractivity contribution is -0.141. The second-order valence-corrected chi connectivity index (χ2v) is 11.5. The lowest BCUT2D eigenvalue weighted by Gasteiger charge is -2.36. The van der Waals surface area contributed by atoms with Gasteiger partial charge in [0, 0.05) is 56.9 Å². The zero-order valence-corrected chi connectivity index (χ0v) is 27.7. The molecule has 1 saturated heterocycles. The topological polar surface area (TPSA) is 112 Å². The molecular weight excluding hydrogens is 641 g/mol. The predicted octanol–water partition coefficient (Wildman–Crippen LogP) is 4.90. The molecule has 49 heavy (non-hydrogen) atoms. The van der Waals surface area contributed by atoms with E-state index in [9.17, 15) is 18.0 Å². The van der Waals surface area contributed by atoms with Crippen LogP contribution in [-0.4, -0.2) is 102 Å². The van der Waals surface area contributed by atoms with Crippen molar-refractivity contribution in [3.05, 3.63) is 77.4 Å². The van der Waals surface area contributed by atoms with Crippen molar-refractivity contribution < 1.29 is 27.4 Å². The molecule has 4 aromatic rings. The molecule has 0 atom stereocenters. The maximum atomic E-state index is 13.4. The fourth-order valence-electron chi connectivity index (χ4n) is 5.40. The maximum Gasteiger partial charge on any atom is 0.433 e. The van der Waals surface area contributed by atoms with Crippen LogP contribution in [0.25, 0.3) is 16.9 Å². The molecule has 1 aliphatic rings. The number of ether oxygens (including phenoxy) is 3. The number of pyridine rings is 1. The Morgan fingerprint density at radius 1 is 0.918 bits per heavy atom. The molecule has 15 heteroatoms. The first-order valence-electron chi connectivity index (χ1n) is 16.5. The SMILES string of the molecule is C=CCn1c(=O)c2cnc(Nc3ccc(N4CCN(CCOCCOCCOCCCC)CC4)cc3)nc2n1-c1cccc(C(F)(F)F)n1. The van der Waals surface area contributed by atoms with E-state index in [1.165, 1.54) is 33.8 Å². The monoisotopic (exact) mass is 684 g/mol. The molecule has 1 N–H and O–H groups in total. The van der Waals surface area contributed by atoms with Crippen molar-refractivity contribution in [3.8, 4) is 5.82 Å². The summed E-state index contributed by atoms with van der Waals surface area (Å²) in [5.41, 5.74) is 0.363. The lowest BCUT2D eigenvalue weighted by Crippen LogP contribution is -2.47. The van der Waals surface area contributed by atoms with Gasteiger partial charge in [-0.15, -0.1) is 6.58 Å². The Morgan fingerprint density at radius 2 is 1.61 bits per heavy atom. The van der Waals surface area contributed by atoms with Crippen LogP contribution in [0.5, 0.6) is 0 Å². The predicted molar refractivity (Wildman–Crippen MR) is 182 cm³/mol. The van der Waals surface area contributed by atoms with Gasteiger partial charge in [-0.05, 0) is 42.8 Å². The summed E-state index contributed by atoms with van der Waals surface area (Å²) >= 11 is 0. The molecule has 264 valence electrons. The molecule has 0 bridgehead atoms. The minimum absolute atomic E-state index is 0.0324. The Kier molecular flexibility index (Phi) is 12.8. The number of hydrogen-bond acceptors (Lipinski definition) is 10. The van der Waals surface area contributed by atoms with E-state index in [0.717, 1.165) is 63.9 Å². The number of nitrogens with one attached hydrogen (secondary N) is 1. The lowest BCUT2D eigenvalue weighted by atomic mass is 10.2. The summed E-state index contributed by atoms with van der Waals surface area (Å²) in [6, 6.07) is 11.3. The van der Waals surface area contributed by atoms with Gasteiger partial charge in [-0.2, -0.15) is 18.2 Å². The molecule has 0 saturated carbocycles. The second-order valence-electron chi connectivity index (χ2n) is 11.5. The van der Waals surface area contributed by atoms with Crippen molar-refractivity contribution in [3.63, 3.8) is 0 Å². The number of rotatable bonds is 18. The van der Waals surface area contributed by atoms with E-state index in [-0.39, 0.29) is 29.3 Å². The number of alkyl halides is 3. The van der Waals surface area contributed by atoms with Crippen molar-refractivity contribution >= 4 is 28.4 Å². The van der Waals surface area contributed by atoms with Crippen LogP contribution in [0.3, 0.4) is 0 Å². The summed E-state index contributed by atoms with van der Waals surface area (Å²) in [6.07, 6.45) is 0.381. The van der Waals surface area contributed by atoms with Gasteiger partial charge in [0.1, 0.15) is 11.1 Å². The molecule has 0 radical (unpaired) electrons. The number of allylic oxidation sites excluding steroid dienone is 1. The van der Waals surface area contributed by atoms with Crippen LogP contribution in [-0.2, 0) is 26.9 Å². The molecule has 12 nitrogen and oxygen atoms in total. The smallest absolute Gasteiger partial charge is 0.379 e. The highest BCUT2D eigenvalue weighted by Crippen LogP contribution is 2.29. The van der Waals surface area contributed by atoms with Gasteiger partial charge in [-0.1, -0.05) is 25.5 Å². The highest BCUT2D eigenvalue weighted by Gasteiger charge is 2.33. The number of anilines is 3. The molecule has 3 aromatic heterocycles. The summed E-state index contributed by atoms with van der Waals surface area (Å²) in [5.74, 6) is 0.0743. The average molecular weight is 685 g/mol. The first-order valence-corrected chi connectivity index (χ1v) is 16.5. The minimum atomic E-state index is -4.65. The van der Waals surface area contributed by atoms with Gasteiger partial charge in [0.2, 0.25) is 5.95 Å². The molecule has 0 amide bonds. The van der Waals surface area contributed by atoms with Crippen LogP contribution in [0.1, 0.15) is 25.5 Å². The first kappa shape index (κ1) is 36.0. The van der Waals surface area contributed by atoms with E-state index in [1.807, 2.05) is 24.3 Å². The Balaban J connectivity index is 1.14. The summed E-state index contributed by atoms with van der Waals surface area (Å²) in [4.78, 5) is 30.4. The standard InChI is InChI=1S/C34H43F3N8O4/c1-3-5-19-47-21-23-49-24-22-48-20-18-42-14-16-43(17-15-42)27-11-9-26(10-12-27)39-33-38-25-28-31(41-33)45(44(13-4-2)32(28)46)30-8-6-7-29(40-30)34(35,36)37/h4,6-12,25H,2-3,5,13-24H2,1H3,(H,38,39,41). The van der Waals surface area contributed by atoms with Crippen LogP contribution in [0, 0.1) is 0 Å². The number of fused-ring (bicyclic) bond motifs is 1. The molecule has 4 heterocycles. The highest BCUT2D eigenvalue weighted by molar-refractivity contribution is 5.77. The van der Waals surface area contributed by atoms with Crippen molar-refractivity contribution in [2.45, 2.75) is 32.5 Å². The highest BCUT2D eigenvalue weighted by atomic mass is 19.4. The first-order chi connectivity index (χ1) is 23.8. The number of nitrogens with zero attached hydrogens (tertiary/aromatic N) is 7. The fraction of sp³-hybridized carbons (Fsp3) is 0.471. The molecule has 0 unspecified atom stereocenters. The molecule has 0 spiro atoms. The van der Waals surface area contributed by atoms with Crippen LogP contribution in [0.15, 0.2) is 66.1 Å². The number of aromatic nitrogens is 5. The van der Waals surface area contributed by atoms with Crippen LogP contribution < -0.4 is 15.8 Å². The Labute approximate surface area is 283 Å². The number of hydrogen-bond donors (Lipinski definition) is 1. The summed E-state index contributed by atoms with van der Waals surface area (Å²) in [6.45, 7) is 14.1. The average Bonchev–Trinajstić information content (AvgIpc) is 3.37. The van der Waals surface area contributed by atoms with Gasteiger partial charge < -0.3 is 24.4 Å². The molecular formula is C34H43F3N8O4. The quantitative estimate of drug-likeness (QED) is 0.115. The largest absolute Gasteiger partial charge is 0.433 e. The number of unbranched alkanes of at least 4 members (excludes halogenated alkanes) is 1. The van der Waals surface area contributed by atoms with Gasteiger partial charge in [0.25, 0.3) is 5.56 Å². The van der Waals surface area contributed by atoms with E-state index < -0.39 is 17.4 Å². The molecule has 5 rings (SSSR count). The van der Waals surface area contributed by atoms with Gasteiger partial charge in [0.05, 0.1) is 39.6 Å². The van der Waals surface area contributed by atoms with Crippen LogP contribution in [0.4, 0.5) is 30.5 Å². The molecule has 0 aliphatic carbocycles. The molecule has 1 fully saturated rings. The molecule has 1 aromatic carbocycles. The minimum Gasteiger partial charge on any atom is -0.379 e. The summed E-state index contributed by atoms with van der Waals surface area (Å²) < 4.78 is 59.6. The summed E-state index contributed by atoms with van der Waals surface area (Å²) in [7, 11) is 0. The van der Waals surface area contributed by atoms with E-state index in [4.69, 9.17) is 14.2 Å². The van der Waals surface area contributed by atoms with Crippen molar-refractivity contribution in [2.24, 2.45) is 0 Å². The van der Waals surface area contributed by atoms with Crippen LogP contribution >= 0.6 is 0 Å². The zero-order chi connectivity index (χ0) is 34.6. The van der Waals surface area contributed by atoms with Crippen molar-refractivity contribution in [2.75, 3.05) is 82.6 Å². The Bertz CT molecular complexity index is 1700. The second kappa shape index (κ2) is 17.4. The van der Waals surface area contributed by atoms with Gasteiger partial charge in [-0.25, -0.2) is 19.3 Å². The van der Waals surface area contributed by atoms with Gasteiger partial charge in [0.15, 0.2) is 11.5 Å². The zero-order valence-electron chi connectivity index (χ0n) is 27.7. The fourth-order valence-corrected chi connectivity index (χ4v) is 5.40. The van der Waals surface area contributed by atoms with Crippen molar-refractivity contribution in [1.82, 2.24) is 29.2 Å². The van der Waals surface area contributed by atoms with Crippen molar-refractivity contribution in [1.29, 1.82) is 0 Å². The number of benzene rings is 1. The number of halogens is 3. The maximum absolute atomic E-state index is 13.4. The third-order valence-corrected chi connectivity index (χ3v) is 8.02. The van der Waals surface area contributed by atoms with Gasteiger partial charge >= 0.3 is 6.18 Å². The normalized spacial score (nSPS) is 14.1. The Morgan fingerprint density at radius 3 is 2.29 bits per heavy atom. The van der Waals surface area contributed by atoms with E-state index in [0.29, 0.717) is 38.7 Å². The van der Waals surface area contributed by atoms with Gasteiger partial charge in [-0.3, -0.25) is 9.69 Å². The van der Waals surface area contributed by atoms with E-state index >= 15 is 0 Å². The van der Waals surface area contributed by atoms with Crippen LogP contribution in [0.2, 0.25) is 0 Å². The summed E-state index contributed by atoms with van der Waals surface area (Å²) in [5, 5.41) is 3.28. The van der Waals surface area contributed by atoms with E-state index in [1.54, 1.807) is 0 Å². The molecule has 1 aliphatic heterocycles.